The fourth-order valence-electron chi connectivity index (χ4n) is 3.09. The third-order valence-corrected chi connectivity index (χ3v) is 5.10. The van der Waals surface area contributed by atoms with Crippen molar-refractivity contribution < 1.29 is 22.1 Å². The summed E-state index contributed by atoms with van der Waals surface area (Å²) in [5.41, 5.74) is 0.900. The highest BCUT2D eigenvalue weighted by molar-refractivity contribution is 7.85. The van der Waals surface area contributed by atoms with E-state index in [2.05, 4.69) is 5.32 Å². The van der Waals surface area contributed by atoms with Crippen molar-refractivity contribution in [3.63, 3.8) is 0 Å². The Morgan fingerprint density at radius 1 is 0.833 bits per heavy atom. The zero-order chi connectivity index (χ0) is 21.5. The Bertz CT molecular complexity index is 1020. The van der Waals surface area contributed by atoms with Crippen LogP contribution in [0.4, 0.5) is 4.79 Å². The van der Waals surface area contributed by atoms with Gasteiger partial charge in [0.15, 0.2) is 0 Å². The molecule has 0 aliphatic rings. The number of rotatable bonds is 8. The predicted molar refractivity (Wildman–Crippen MR) is 114 cm³/mol. The first-order valence-corrected chi connectivity index (χ1v) is 11.1. The van der Waals surface area contributed by atoms with E-state index in [1.807, 2.05) is 66.7 Å². The number of carbonyl (C=O) groups is 1. The van der Waals surface area contributed by atoms with Crippen LogP contribution in [0.25, 0.3) is 0 Å². The van der Waals surface area contributed by atoms with Crippen molar-refractivity contribution in [1.82, 2.24) is 5.32 Å². The lowest BCUT2D eigenvalue weighted by Crippen LogP contribution is -2.50. The fraction of sp³-hybridized carbons (Fsp3) is 0.174. The molecule has 3 aromatic rings. The standard InChI is InChI=1S/C23H23NO5S/c1-30(26,27)29-18-23(20-13-7-3-8-14-20,21-15-9-4-10-16-21)24-22(25)28-17-19-11-5-2-6-12-19/h2-16H,17-18H2,1H3,(H,24,25). The molecule has 0 aliphatic heterocycles. The van der Waals surface area contributed by atoms with Crippen LogP contribution >= 0.6 is 0 Å². The maximum Gasteiger partial charge on any atom is 0.408 e. The monoisotopic (exact) mass is 425 g/mol. The first-order chi connectivity index (χ1) is 14.4. The van der Waals surface area contributed by atoms with Gasteiger partial charge >= 0.3 is 6.09 Å². The van der Waals surface area contributed by atoms with Gasteiger partial charge in [0.2, 0.25) is 0 Å². The highest BCUT2D eigenvalue weighted by Crippen LogP contribution is 2.31. The Hall–Kier alpha value is -3.16. The van der Waals surface area contributed by atoms with E-state index in [0.29, 0.717) is 11.1 Å². The van der Waals surface area contributed by atoms with Gasteiger partial charge in [-0.15, -0.1) is 0 Å². The number of hydrogen-bond acceptors (Lipinski definition) is 5. The van der Waals surface area contributed by atoms with Crippen LogP contribution in [0, 0.1) is 0 Å². The minimum absolute atomic E-state index is 0.0826. The lowest BCUT2D eigenvalue weighted by molar-refractivity contribution is 0.120. The minimum atomic E-state index is -3.76. The van der Waals surface area contributed by atoms with Crippen LogP contribution in [0.2, 0.25) is 0 Å². The van der Waals surface area contributed by atoms with Crippen molar-refractivity contribution in [2.24, 2.45) is 0 Å². The highest BCUT2D eigenvalue weighted by atomic mass is 32.2. The van der Waals surface area contributed by atoms with E-state index in [0.717, 1.165) is 11.8 Å². The molecular weight excluding hydrogens is 402 g/mol. The summed E-state index contributed by atoms with van der Waals surface area (Å²) >= 11 is 0. The van der Waals surface area contributed by atoms with Gasteiger partial charge in [0.05, 0.1) is 12.9 Å². The van der Waals surface area contributed by atoms with Crippen LogP contribution in [-0.4, -0.2) is 27.4 Å². The van der Waals surface area contributed by atoms with Crippen LogP contribution in [-0.2, 0) is 31.2 Å². The van der Waals surface area contributed by atoms with E-state index in [1.165, 1.54) is 0 Å². The molecule has 1 amide bonds. The largest absolute Gasteiger partial charge is 0.445 e. The van der Waals surface area contributed by atoms with Crippen molar-refractivity contribution in [2.75, 3.05) is 12.9 Å². The number of nitrogens with one attached hydrogen (secondary N) is 1. The smallest absolute Gasteiger partial charge is 0.408 e. The Labute approximate surface area is 176 Å². The van der Waals surface area contributed by atoms with Gasteiger partial charge in [-0.3, -0.25) is 4.18 Å². The molecular formula is C23H23NO5S. The van der Waals surface area contributed by atoms with Crippen LogP contribution in [0.3, 0.4) is 0 Å². The molecule has 6 nitrogen and oxygen atoms in total. The first kappa shape index (κ1) is 21.5. The van der Waals surface area contributed by atoms with Gasteiger partial charge in [0.25, 0.3) is 10.1 Å². The van der Waals surface area contributed by atoms with E-state index in [9.17, 15) is 13.2 Å². The third kappa shape index (κ3) is 5.68. The molecule has 3 aromatic carbocycles. The Morgan fingerprint density at radius 2 is 1.30 bits per heavy atom. The molecule has 0 aromatic heterocycles. The summed E-state index contributed by atoms with van der Waals surface area (Å²) in [7, 11) is -3.76. The molecule has 0 atom stereocenters. The van der Waals surface area contributed by atoms with Crippen molar-refractivity contribution >= 4 is 16.2 Å². The fourth-order valence-corrected chi connectivity index (χ4v) is 3.48. The van der Waals surface area contributed by atoms with Crippen LogP contribution in [0.1, 0.15) is 16.7 Å². The molecule has 0 saturated carbocycles. The van der Waals surface area contributed by atoms with Crippen molar-refractivity contribution in [3.05, 3.63) is 108 Å². The Morgan fingerprint density at radius 3 is 1.77 bits per heavy atom. The molecule has 0 aliphatic carbocycles. The summed E-state index contributed by atoms with van der Waals surface area (Å²) in [5.74, 6) is 0. The summed E-state index contributed by atoms with van der Waals surface area (Å²) in [6.45, 7) is -0.237. The molecule has 7 heteroatoms. The molecule has 30 heavy (non-hydrogen) atoms. The van der Waals surface area contributed by atoms with Crippen molar-refractivity contribution in [2.45, 2.75) is 12.1 Å². The summed E-state index contributed by atoms with van der Waals surface area (Å²) in [5, 5.41) is 2.86. The van der Waals surface area contributed by atoms with Gasteiger partial charge in [-0.1, -0.05) is 91.0 Å². The molecule has 0 unspecified atom stereocenters. The average Bonchev–Trinajstić information content (AvgIpc) is 2.76. The van der Waals surface area contributed by atoms with Gasteiger partial charge in [0, 0.05) is 0 Å². The molecule has 1 N–H and O–H groups in total. The number of ether oxygens (including phenoxy) is 1. The molecule has 0 radical (unpaired) electrons. The van der Waals surface area contributed by atoms with Gasteiger partial charge in [-0.25, -0.2) is 4.79 Å². The minimum Gasteiger partial charge on any atom is -0.445 e. The van der Waals surface area contributed by atoms with E-state index in [4.69, 9.17) is 8.92 Å². The number of alkyl carbamates (subject to hydrolysis) is 1. The van der Waals surface area contributed by atoms with Crippen LogP contribution in [0.5, 0.6) is 0 Å². The van der Waals surface area contributed by atoms with Crippen molar-refractivity contribution in [3.8, 4) is 0 Å². The van der Waals surface area contributed by atoms with Crippen molar-refractivity contribution in [1.29, 1.82) is 0 Å². The molecule has 0 heterocycles. The molecule has 3 rings (SSSR count). The van der Waals surface area contributed by atoms with Gasteiger partial charge < -0.3 is 10.1 Å². The lowest BCUT2D eigenvalue weighted by Gasteiger charge is -2.35. The number of hydrogen-bond donors (Lipinski definition) is 1. The molecule has 0 saturated heterocycles. The molecule has 0 bridgehead atoms. The topological polar surface area (TPSA) is 81.7 Å². The summed E-state index contributed by atoms with van der Waals surface area (Å²) in [6, 6.07) is 27.4. The second-order valence-corrected chi connectivity index (χ2v) is 8.43. The maximum atomic E-state index is 12.8. The Balaban J connectivity index is 1.95. The van der Waals surface area contributed by atoms with Crippen LogP contribution < -0.4 is 5.32 Å². The number of benzene rings is 3. The normalized spacial score (nSPS) is 11.6. The third-order valence-electron chi connectivity index (χ3n) is 4.55. The van der Waals surface area contributed by atoms with E-state index in [-0.39, 0.29) is 13.2 Å². The zero-order valence-corrected chi connectivity index (χ0v) is 17.3. The predicted octanol–water partition coefficient (Wildman–Crippen LogP) is 3.83. The van der Waals surface area contributed by atoms with E-state index < -0.39 is 21.8 Å². The molecule has 0 fully saturated rings. The molecule has 0 spiro atoms. The maximum absolute atomic E-state index is 12.8. The second kappa shape index (κ2) is 9.56. The molecule has 156 valence electrons. The summed E-state index contributed by atoms with van der Waals surface area (Å²) in [4.78, 5) is 12.8. The quantitative estimate of drug-likeness (QED) is 0.555. The van der Waals surface area contributed by atoms with Crippen LogP contribution in [0.15, 0.2) is 91.0 Å². The zero-order valence-electron chi connectivity index (χ0n) is 16.5. The average molecular weight is 426 g/mol. The second-order valence-electron chi connectivity index (χ2n) is 6.79. The van der Waals surface area contributed by atoms with Gasteiger partial charge in [-0.05, 0) is 16.7 Å². The highest BCUT2D eigenvalue weighted by Gasteiger charge is 2.38. The van der Waals surface area contributed by atoms with Gasteiger partial charge in [-0.2, -0.15) is 8.42 Å². The lowest BCUT2D eigenvalue weighted by atomic mass is 9.83. The van der Waals surface area contributed by atoms with E-state index in [1.54, 1.807) is 24.3 Å². The van der Waals surface area contributed by atoms with Gasteiger partial charge in [0.1, 0.15) is 12.1 Å². The van der Waals surface area contributed by atoms with E-state index >= 15 is 0 Å². The summed E-state index contributed by atoms with van der Waals surface area (Å²) in [6.07, 6.45) is 0.283. The number of carbonyl (C=O) groups excluding carboxylic acids is 1. The first-order valence-electron chi connectivity index (χ1n) is 9.33. The SMILES string of the molecule is CS(=O)(=O)OCC(NC(=O)OCc1ccccc1)(c1ccccc1)c1ccccc1. The number of amides is 1. The Kier molecular flexibility index (Phi) is 6.87. The summed E-state index contributed by atoms with van der Waals surface area (Å²) < 4.78 is 34.1.